The monoisotopic (exact) mass is 371 g/mol. The lowest BCUT2D eigenvalue weighted by Crippen LogP contribution is -2.05. The fraction of sp³-hybridized carbons (Fsp3) is 0.190. The van der Waals surface area contributed by atoms with Crippen LogP contribution in [0.5, 0.6) is 0 Å². The van der Waals surface area contributed by atoms with E-state index < -0.39 is 0 Å². The normalized spacial score (nSPS) is 13.8. The van der Waals surface area contributed by atoms with E-state index in [-0.39, 0.29) is 0 Å². The van der Waals surface area contributed by atoms with Crippen LogP contribution < -0.4 is 16.8 Å². The molecule has 0 unspecified atom stereocenters. The third-order valence-electron chi connectivity index (χ3n) is 4.94. The average molecular weight is 371 g/mol. The van der Waals surface area contributed by atoms with Gasteiger partial charge in [0, 0.05) is 24.5 Å². The Morgan fingerprint density at radius 2 is 1.86 bits per heavy atom. The molecule has 1 aromatic carbocycles. The van der Waals surface area contributed by atoms with Gasteiger partial charge in [0.25, 0.3) is 0 Å². The summed E-state index contributed by atoms with van der Waals surface area (Å²) < 4.78 is 2.03. The lowest BCUT2D eigenvalue weighted by atomic mass is 10.2. The number of aromatic nitrogens is 4. The minimum absolute atomic E-state index is 0.439. The number of nitrogens with zero attached hydrogens (tertiary/aromatic N) is 4. The lowest BCUT2D eigenvalue weighted by molar-refractivity contribution is 1.04. The zero-order valence-electron chi connectivity index (χ0n) is 15.3. The first-order valence-corrected chi connectivity index (χ1v) is 9.39. The third-order valence-corrected chi connectivity index (χ3v) is 4.94. The first kappa shape index (κ1) is 16.7. The van der Waals surface area contributed by atoms with E-state index in [9.17, 15) is 0 Å². The summed E-state index contributed by atoms with van der Waals surface area (Å²) >= 11 is 0. The molecule has 140 valence electrons. The molecule has 0 aliphatic heterocycles. The van der Waals surface area contributed by atoms with Crippen LogP contribution in [-0.4, -0.2) is 25.6 Å². The maximum atomic E-state index is 6.16. The zero-order chi connectivity index (χ0) is 19.1. The highest BCUT2D eigenvalue weighted by atomic mass is 15.2. The Hall–Kier alpha value is -3.45. The molecule has 0 saturated heterocycles. The molecule has 0 spiro atoms. The van der Waals surface area contributed by atoms with Crippen LogP contribution in [0, 0.1) is 0 Å². The van der Waals surface area contributed by atoms with E-state index in [1.165, 1.54) is 12.8 Å². The van der Waals surface area contributed by atoms with Crippen molar-refractivity contribution in [1.82, 2.24) is 19.5 Å². The maximum absolute atomic E-state index is 6.16. The van der Waals surface area contributed by atoms with E-state index >= 15 is 0 Å². The van der Waals surface area contributed by atoms with Crippen molar-refractivity contribution >= 4 is 22.8 Å². The molecule has 7 nitrogen and oxygen atoms in total. The summed E-state index contributed by atoms with van der Waals surface area (Å²) in [5.41, 5.74) is 16.3. The molecule has 0 atom stereocenters. The molecule has 4 aromatic rings. The second-order valence-corrected chi connectivity index (χ2v) is 7.04. The molecule has 1 aliphatic carbocycles. The van der Waals surface area contributed by atoms with Gasteiger partial charge in [0.2, 0.25) is 0 Å². The van der Waals surface area contributed by atoms with Crippen molar-refractivity contribution in [1.29, 1.82) is 0 Å². The number of anilines is 2. The van der Waals surface area contributed by atoms with Crippen LogP contribution in [0.25, 0.3) is 28.2 Å². The smallest absolute Gasteiger partial charge is 0.167 e. The Bertz CT molecular complexity index is 1140. The van der Waals surface area contributed by atoms with E-state index in [0.717, 1.165) is 39.6 Å². The molecule has 3 heterocycles. The van der Waals surface area contributed by atoms with Gasteiger partial charge < -0.3 is 16.8 Å². The van der Waals surface area contributed by atoms with Gasteiger partial charge in [0.05, 0.1) is 5.56 Å². The van der Waals surface area contributed by atoms with Gasteiger partial charge in [-0.1, -0.05) is 12.1 Å². The highest BCUT2D eigenvalue weighted by Crippen LogP contribution is 2.31. The SMILES string of the molecule is NCc1ccc(-n2c(-c3cccnc3N)nc3ccc(NC4CC4)nc32)cc1. The second kappa shape index (κ2) is 6.61. The van der Waals surface area contributed by atoms with Crippen LogP contribution in [0.3, 0.4) is 0 Å². The summed E-state index contributed by atoms with van der Waals surface area (Å²) in [4.78, 5) is 13.9. The predicted octanol–water partition coefficient (Wildman–Crippen LogP) is 3.10. The summed E-state index contributed by atoms with van der Waals surface area (Å²) in [6.45, 7) is 0.501. The fourth-order valence-electron chi connectivity index (χ4n) is 3.29. The quantitative estimate of drug-likeness (QED) is 0.497. The van der Waals surface area contributed by atoms with E-state index in [4.69, 9.17) is 21.4 Å². The Labute approximate surface area is 162 Å². The minimum Gasteiger partial charge on any atom is -0.383 e. The van der Waals surface area contributed by atoms with Crippen molar-refractivity contribution in [3.63, 3.8) is 0 Å². The molecular weight excluding hydrogens is 350 g/mol. The van der Waals surface area contributed by atoms with Gasteiger partial charge in [-0.3, -0.25) is 4.57 Å². The van der Waals surface area contributed by atoms with Crippen LogP contribution in [0.2, 0.25) is 0 Å². The van der Waals surface area contributed by atoms with Crippen molar-refractivity contribution < 1.29 is 0 Å². The molecule has 3 aromatic heterocycles. The highest BCUT2D eigenvalue weighted by Gasteiger charge is 2.23. The standard InChI is InChI=1S/C21H21N7/c22-12-13-3-7-15(8-4-13)28-20(16-2-1-11-24-19(16)23)26-17-9-10-18(27-21(17)28)25-14-5-6-14/h1-4,7-11,14H,5-6,12,22H2,(H2,23,24)(H,25,27). The first-order valence-electron chi connectivity index (χ1n) is 9.39. The predicted molar refractivity (Wildman–Crippen MR) is 111 cm³/mol. The van der Waals surface area contributed by atoms with E-state index in [1.54, 1.807) is 6.20 Å². The number of imidazole rings is 1. The molecule has 0 bridgehead atoms. The van der Waals surface area contributed by atoms with Crippen LogP contribution in [0.4, 0.5) is 11.6 Å². The third kappa shape index (κ3) is 2.95. The molecule has 1 fully saturated rings. The molecular formula is C21H21N7. The van der Waals surface area contributed by atoms with Gasteiger partial charge in [0.1, 0.15) is 17.2 Å². The van der Waals surface area contributed by atoms with Gasteiger partial charge in [-0.2, -0.15) is 0 Å². The average Bonchev–Trinajstić information content (AvgIpc) is 3.46. The molecule has 7 heteroatoms. The summed E-state index contributed by atoms with van der Waals surface area (Å²) in [5, 5.41) is 3.46. The number of nitrogen functional groups attached to an aromatic ring is 1. The molecule has 5 N–H and O–H groups in total. The van der Waals surface area contributed by atoms with Crippen molar-refractivity contribution in [2.75, 3.05) is 11.1 Å². The Kier molecular flexibility index (Phi) is 3.95. The highest BCUT2D eigenvalue weighted by molar-refractivity contribution is 5.83. The maximum Gasteiger partial charge on any atom is 0.167 e. The fourth-order valence-corrected chi connectivity index (χ4v) is 3.29. The van der Waals surface area contributed by atoms with Gasteiger partial charge >= 0.3 is 0 Å². The summed E-state index contributed by atoms with van der Waals surface area (Å²) in [7, 11) is 0. The van der Waals surface area contributed by atoms with Crippen molar-refractivity contribution in [2.45, 2.75) is 25.4 Å². The van der Waals surface area contributed by atoms with E-state index in [0.29, 0.717) is 18.4 Å². The molecule has 5 rings (SSSR count). The number of hydrogen-bond acceptors (Lipinski definition) is 6. The van der Waals surface area contributed by atoms with E-state index in [2.05, 4.69) is 10.3 Å². The summed E-state index contributed by atoms with van der Waals surface area (Å²) in [6.07, 6.45) is 4.06. The Balaban J connectivity index is 1.74. The van der Waals surface area contributed by atoms with Gasteiger partial charge in [-0.25, -0.2) is 15.0 Å². The number of hydrogen-bond donors (Lipinski definition) is 3. The van der Waals surface area contributed by atoms with Crippen LogP contribution in [-0.2, 0) is 6.54 Å². The molecule has 0 radical (unpaired) electrons. The number of benzene rings is 1. The number of nitrogens with two attached hydrogens (primary N) is 2. The van der Waals surface area contributed by atoms with Crippen LogP contribution in [0.15, 0.2) is 54.7 Å². The van der Waals surface area contributed by atoms with Crippen molar-refractivity contribution in [3.05, 3.63) is 60.3 Å². The summed E-state index contributed by atoms with van der Waals surface area (Å²) in [6, 6.07) is 16.4. The number of rotatable bonds is 5. The second-order valence-electron chi connectivity index (χ2n) is 7.04. The van der Waals surface area contributed by atoms with Gasteiger partial charge in [0.15, 0.2) is 11.5 Å². The minimum atomic E-state index is 0.439. The van der Waals surface area contributed by atoms with E-state index in [1.807, 2.05) is 53.1 Å². The van der Waals surface area contributed by atoms with Crippen LogP contribution >= 0.6 is 0 Å². The van der Waals surface area contributed by atoms with Crippen molar-refractivity contribution in [2.24, 2.45) is 5.73 Å². The zero-order valence-corrected chi connectivity index (χ0v) is 15.3. The van der Waals surface area contributed by atoms with Crippen LogP contribution in [0.1, 0.15) is 18.4 Å². The summed E-state index contributed by atoms with van der Waals surface area (Å²) in [5.74, 6) is 2.02. The Morgan fingerprint density at radius 3 is 2.57 bits per heavy atom. The molecule has 28 heavy (non-hydrogen) atoms. The van der Waals surface area contributed by atoms with Gasteiger partial charge in [-0.15, -0.1) is 0 Å². The first-order chi connectivity index (χ1) is 13.7. The number of nitrogens with one attached hydrogen (secondary N) is 1. The largest absolute Gasteiger partial charge is 0.383 e. The lowest BCUT2D eigenvalue weighted by Gasteiger charge is -2.11. The molecule has 0 amide bonds. The number of fused-ring (bicyclic) bond motifs is 1. The molecule has 1 saturated carbocycles. The topological polar surface area (TPSA) is 108 Å². The number of pyridine rings is 2. The van der Waals surface area contributed by atoms with Crippen molar-refractivity contribution in [3.8, 4) is 17.1 Å². The van der Waals surface area contributed by atoms with Gasteiger partial charge in [-0.05, 0) is 54.8 Å². The molecule has 1 aliphatic rings. The Morgan fingerprint density at radius 1 is 1.04 bits per heavy atom.